The average molecular weight is 544 g/mol. The molecule has 0 radical (unpaired) electrons. The van der Waals surface area contributed by atoms with E-state index in [1.165, 1.54) is 0 Å². The number of unbranched alkanes of at least 4 members (excludes halogenated alkanes) is 1. The summed E-state index contributed by atoms with van der Waals surface area (Å²) in [5, 5.41) is 9.83. The second kappa shape index (κ2) is 20.4. The van der Waals surface area contributed by atoms with E-state index in [2.05, 4.69) is 50.3 Å². The number of rotatable bonds is 21. The fraction of sp³-hybridized carbons (Fsp3) is 0.720. The Morgan fingerprint density at radius 2 is 1.94 bits per heavy atom. The van der Waals surface area contributed by atoms with Crippen molar-refractivity contribution in [2.75, 3.05) is 25.6 Å². The summed E-state index contributed by atoms with van der Waals surface area (Å²) < 4.78 is 20.4. The van der Waals surface area contributed by atoms with Crippen LogP contribution in [0, 0.1) is 11.3 Å². The Morgan fingerprint density at radius 1 is 1.17 bits per heavy atom. The molecule has 1 aromatic heterocycles. The molecule has 1 aromatic rings. The second-order valence-corrected chi connectivity index (χ2v) is 12.4. The smallest absolute Gasteiger partial charge is 0.259 e. The highest BCUT2D eigenvalue weighted by atomic mass is 33.1. The van der Waals surface area contributed by atoms with Gasteiger partial charge in [-0.1, -0.05) is 23.8 Å². The number of pyridine rings is 1. The summed E-state index contributed by atoms with van der Waals surface area (Å²) in [6.45, 7) is 12.1. The molecule has 0 aliphatic heterocycles. The molecule has 0 spiro atoms. The van der Waals surface area contributed by atoms with Gasteiger partial charge in [-0.25, -0.2) is 9.65 Å². The van der Waals surface area contributed by atoms with Crippen molar-refractivity contribution in [1.82, 2.24) is 9.65 Å². The zero-order valence-electron chi connectivity index (χ0n) is 21.9. The van der Waals surface area contributed by atoms with E-state index in [4.69, 9.17) is 19.0 Å². The predicted octanol–water partition coefficient (Wildman–Crippen LogP) is 7.04. The first-order valence-corrected chi connectivity index (χ1v) is 15.9. The lowest BCUT2D eigenvalue weighted by atomic mass is 10.1. The number of carbonyl (C=O) groups is 1. The first-order valence-electron chi connectivity index (χ1n) is 12.4. The topological polar surface area (TPSA) is 84.7 Å². The zero-order valence-corrected chi connectivity index (χ0v) is 24.4. The van der Waals surface area contributed by atoms with Gasteiger partial charge in [0.2, 0.25) is 0 Å². The highest BCUT2D eigenvalue weighted by Gasteiger charge is 2.29. The van der Waals surface area contributed by atoms with Gasteiger partial charge in [-0.15, -0.1) is 0 Å². The van der Waals surface area contributed by atoms with Gasteiger partial charge < -0.3 is 13.8 Å². The number of nitrogens with zero attached hydrogens (tertiary/aromatic N) is 3. The Kier molecular flexibility index (Phi) is 18.8. The maximum atomic E-state index is 12.1. The average Bonchev–Trinajstić information content (AvgIpc) is 2.83. The summed E-state index contributed by atoms with van der Waals surface area (Å²) in [5.41, 5.74) is 0. The van der Waals surface area contributed by atoms with Crippen LogP contribution < -0.4 is 0 Å². The van der Waals surface area contributed by atoms with Crippen LogP contribution >= 0.6 is 30.1 Å². The Labute approximate surface area is 221 Å². The minimum Gasteiger partial charge on any atom is -0.379 e. The van der Waals surface area contributed by atoms with E-state index in [1.54, 1.807) is 27.8 Å². The fourth-order valence-electron chi connectivity index (χ4n) is 3.16. The van der Waals surface area contributed by atoms with Gasteiger partial charge in [0.25, 0.3) is 8.53 Å². The van der Waals surface area contributed by atoms with Gasteiger partial charge in [-0.05, 0) is 69.9 Å². The molecule has 0 saturated heterocycles. The molecule has 0 fully saturated rings. The van der Waals surface area contributed by atoms with Crippen LogP contribution in [0.2, 0.25) is 0 Å². The number of Topliss-reactive ketones (excluding diaryl/α,β-unsaturated/α-hetero) is 1. The maximum absolute atomic E-state index is 12.1. The number of aromatic nitrogens is 1. The number of nitriles is 1. The molecule has 1 heterocycles. The van der Waals surface area contributed by atoms with E-state index < -0.39 is 8.53 Å². The molecule has 10 heteroatoms. The summed E-state index contributed by atoms with van der Waals surface area (Å²) >= 11 is 0. The molecular formula is C25H42N3O4PS2. The van der Waals surface area contributed by atoms with Crippen LogP contribution in [0.4, 0.5) is 0 Å². The molecule has 35 heavy (non-hydrogen) atoms. The number of carbonyl (C=O) groups excluding carboxylic acids is 1. The fourth-order valence-corrected chi connectivity index (χ4v) is 6.85. The van der Waals surface area contributed by atoms with E-state index in [1.807, 2.05) is 18.2 Å². The Bertz CT molecular complexity index is 714. The van der Waals surface area contributed by atoms with Crippen molar-refractivity contribution in [2.45, 2.75) is 96.4 Å². The molecule has 198 valence electrons. The molecule has 0 bridgehead atoms. The van der Waals surface area contributed by atoms with Crippen molar-refractivity contribution >= 4 is 35.9 Å². The lowest BCUT2D eigenvalue weighted by Crippen LogP contribution is -2.35. The number of hydrogen-bond donors (Lipinski definition) is 0. The standard InChI is InChI=1S/C25H42N3O4PS2/c1-6-24(32-33(31-18-11-15-26)28(21(2)3)22(4)5)20-30-17-10-8-12-23(29)14-19-34-35-25-13-7-9-16-27-25/h7,9,13,16,21-22,24H,6,8,10-12,14,17-20H2,1-5H3. The molecule has 0 N–H and O–H groups in total. The third-order valence-corrected chi connectivity index (χ3v) is 9.35. The molecule has 0 aliphatic carbocycles. The summed E-state index contributed by atoms with van der Waals surface area (Å²) in [6.07, 6.45) is 5.76. The number of ketones is 1. The van der Waals surface area contributed by atoms with Gasteiger partial charge in [-0.3, -0.25) is 4.79 Å². The molecule has 0 saturated carbocycles. The van der Waals surface area contributed by atoms with Gasteiger partial charge in [0.1, 0.15) is 10.8 Å². The van der Waals surface area contributed by atoms with Crippen molar-refractivity contribution in [3.63, 3.8) is 0 Å². The first kappa shape index (κ1) is 32.3. The monoisotopic (exact) mass is 543 g/mol. The summed E-state index contributed by atoms with van der Waals surface area (Å²) in [6, 6.07) is 8.51. The SMILES string of the molecule is CCC(COCCCCC(=O)CCSSc1ccccn1)OP(OCCC#N)N(C(C)C)C(C)C. The quantitative estimate of drug-likeness (QED) is 0.0920. The van der Waals surface area contributed by atoms with E-state index in [0.717, 1.165) is 30.0 Å². The van der Waals surface area contributed by atoms with Crippen molar-refractivity contribution in [3.8, 4) is 6.07 Å². The van der Waals surface area contributed by atoms with Gasteiger partial charge in [0, 0.05) is 43.5 Å². The van der Waals surface area contributed by atoms with Crippen LogP contribution in [-0.2, 0) is 18.6 Å². The van der Waals surface area contributed by atoms with E-state index in [-0.39, 0.29) is 18.2 Å². The van der Waals surface area contributed by atoms with Gasteiger partial charge >= 0.3 is 0 Å². The Balaban J connectivity index is 2.25. The van der Waals surface area contributed by atoms with Crippen molar-refractivity contribution in [2.24, 2.45) is 0 Å². The van der Waals surface area contributed by atoms with Crippen LogP contribution in [-0.4, -0.2) is 59.2 Å². The van der Waals surface area contributed by atoms with Crippen LogP contribution in [0.3, 0.4) is 0 Å². The van der Waals surface area contributed by atoms with E-state index in [0.29, 0.717) is 44.9 Å². The highest BCUT2D eigenvalue weighted by molar-refractivity contribution is 8.76. The largest absolute Gasteiger partial charge is 0.379 e. The predicted molar refractivity (Wildman–Crippen MR) is 147 cm³/mol. The normalized spacial score (nSPS) is 13.3. The Morgan fingerprint density at radius 3 is 2.57 bits per heavy atom. The van der Waals surface area contributed by atoms with Crippen molar-refractivity contribution in [1.29, 1.82) is 5.26 Å². The highest BCUT2D eigenvalue weighted by Crippen LogP contribution is 2.47. The molecule has 0 aromatic carbocycles. The van der Waals surface area contributed by atoms with Gasteiger partial charge in [0.05, 0.1) is 31.8 Å². The van der Waals surface area contributed by atoms with Crippen molar-refractivity contribution in [3.05, 3.63) is 24.4 Å². The first-order chi connectivity index (χ1) is 16.9. The summed E-state index contributed by atoms with van der Waals surface area (Å²) in [4.78, 5) is 16.4. The van der Waals surface area contributed by atoms with Crippen molar-refractivity contribution < 1.29 is 18.6 Å². The van der Waals surface area contributed by atoms with Crippen LogP contribution in [0.1, 0.15) is 73.1 Å². The third kappa shape index (κ3) is 15.2. The summed E-state index contributed by atoms with van der Waals surface area (Å²) in [7, 11) is 2.01. The maximum Gasteiger partial charge on any atom is 0.259 e. The molecular weight excluding hydrogens is 501 g/mol. The van der Waals surface area contributed by atoms with Gasteiger partial charge in [-0.2, -0.15) is 5.26 Å². The molecule has 0 aliphatic rings. The lowest BCUT2D eigenvalue weighted by Gasteiger charge is -2.37. The molecule has 7 nitrogen and oxygen atoms in total. The Hall–Kier alpha value is -0.720. The molecule has 0 amide bonds. The van der Waals surface area contributed by atoms with Crippen LogP contribution in [0.5, 0.6) is 0 Å². The molecule has 2 unspecified atom stereocenters. The minimum atomic E-state index is -1.27. The molecule has 2 atom stereocenters. The second-order valence-electron chi connectivity index (χ2n) is 8.58. The van der Waals surface area contributed by atoms with Gasteiger partial charge in [0.15, 0.2) is 0 Å². The number of hydrogen-bond acceptors (Lipinski definition) is 9. The zero-order chi connectivity index (χ0) is 25.9. The van der Waals surface area contributed by atoms with Crippen LogP contribution in [0.15, 0.2) is 29.4 Å². The number of ether oxygens (including phenoxy) is 1. The van der Waals surface area contributed by atoms with E-state index in [9.17, 15) is 4.79 Å². The van der Waals surface area contributed by atoms with Crippen LogP contribution in [0.25, 0.3) is 0 Å². The third-order valence-electron chi connectivity index (χ3n) is 4.90. The lowest BCUT2D eigenvalue weighted by molar-refractivity contribution is -0.118. The summed E-state index contributed by atoms with van der Waals surface area (Å²) in [5.74, 6) is 1.10. The van der Waals surface area contributed by atoms with E-state index >= 15 is 0 Å². The molecule has 1 rings (SSSR count). The minimum absolute atomic E-state index is 0.0709.